The van der Waals surface area contributed by atoms with E-state index in [-0.39, 0.29) is 6.10 Å². The Bertz CT molecular complexity index is 690. The first-order chi connectivity index (χ1) is 13.8. The Morgan fingerprint density at radius 2 is 1.68 bits per heavy atom. The summed E-state index contributed by atoms with van der Waals surface area (Å²) in [5, 5.41) is 0. The maximum atomic E-state index is 6.10. The lowest BCUT2D eigenvalue weighted by Crippen LogP contribution is -2.36. The van der Waals surface area contributed by atoms with E-state index in [2.05, 4.69) is 53.4 Å². The van der Waals surface area contributed by atoms with Gasteiger partial charge in [0.15, 0.2) is 0 Å². The van der Waals surface area contributed by atoms with Crippen molar-refractivity contribution in [3.05, 3.63) is 65.7 Å². The molecule has 2 aliphatic rings. The van der Waals surface area contributed by atoms with Crippen molar-refractivity contribution in [1.82, 2.24) is 4.90 Å². The summed E-state index contributed by atoms with van der Waals surface area (Å²) >= 11 is 0. The van der Waals surface area contributed by atoms with E-state index in [1.165, 1.54) is 11.1 Å². The topological polar surface area (TPSA) is 30.9 Å². The van der Waals surface area contributed by atoms with E-state index in [4.69, 9.17) is 14.2 Å². The molecule has 0 amide bonds. The molecule has 0 aliphatic carbocycles. The average Bonchev–Trinajstić information content (AvgIpc) is 3.27. The minimum absolute atomic E-state index is 0.269. The Balaban J connectivity index is 1.16. The van der Waals surface area contributed by atoms with Gasteiger partial charge < -0.3 is 14.2 Å². The fourth-order valence-corrected chi connectivity index (χ4v) is 3.94. The summed E-state index contributed by atoms with van der Waals surface area (Å²) in [6.07, 6.45) is 5.13. The number of hydrogen-bond acceptors (Lipinski definition) is 4. The molecule has 0 spiro atoms. The number of hydrogen-bond donors (Lipinski definition) is 0. The maximum Gasteiger partial charge on any atom is 0.119 e. The number of piperidine rings is 1. The molecule has 28 heavy (non-hydrogen) atoms. The van der Waals surface area contributed by atoms with Crippen LogP contribution in [0.15, 0.2) is 54.6 Å². The van der Waals surface area contributed by atoms with Gasteiger partial charge in [-0.05, 0) is 48.9 Å². The Hall–Kier alpha value is -1.88. The predicted molar refractivity (Wildman–Crippen MR) is 110 cm³/mol. The second-order valence-electron chi connectivity index (χ2n) is 7.86. The van der Waals surface area contributed by atoms with E-state index in [0.717, 1.165) is 64.3 Å². The van der Waals surface area contributed by atoms with Crippen molar-refractivity contribution in [2.45, 2.75) is 51.0 Å². The van der Waals surface area contributed by atoms with Crippen molar-refractivity contribution in [1.29, 1.82) is 0 Å². The first-order valence-corrected chi connectivity index (χ1v) is 10.6. The molecule has 150 valence electrons. The van der Waals surface area contributed by atoms with E-state index in [0.29, 0.717) is 12.7 Å². The Morgan fingerprint density at radius 3 is 2.39 bits per heavy atom. The van der Waals surface area contributed by atoms with E-state index in [1.54, 1.807) is 0 Å². The number of rotatable bonds is 8. The minimum atomic E-state index is 0.269. The molecule has 4 heteroatoms. The molecule has 2 aromatic rings. The van der Waals surface area contributed by atoms with Crippen molar-refractivity contribution in [3.63, 3.8) is 0 Å². The van der Waals surface area contributed by atoms with Gasteiger partial charge in [-0.15, -0.1) is 0 Å². The van der Waals surface area contributed by atoms with Crippen LogP contribution in [0, 0.1) is 0 Å². The summed E-state index contributed by atoms with van der Waals surface area (Å²) in [6, 6.07) is 19.0. The van der Waals surface area contributed by atoms with Gasteiger partial charge in [0, 0.05) is 26.2 Å². The molecule has 2 heterocycles. The van der Waals surface area contributed by atoms with E-state index in [9.17, 15) is 0 Å². The fourth-order valence-electron chi connectivity index (χ4n) is 3.94. The highest BCUT2D eigenvalue weighted by molar-refractivity contribution is 5.27. The monoisotopic (exact) mass is 381 g/mol. The van der Waals surface area contributed by atoms with Gasteiger partial charge in [-0.1, -0.05) is 42.5 Å². The Kier molecular flexibility index (Phi) is 6.98. The molecule has 4 rings (SSSR count). The van der Waals surface area contributed by atoms with Crippen molar-refractivity contribution in [2.75, 3.05) is 26.3 Å². The number of nitrogens with zero attached hydrogens (tertiary/aromatic N) is 1. The third-order valence-electron chi connectivity index (χ3n) is 5.65. The van der Waals surface area contributed by atoms with E-state index in [1.807, 2.05) is 6.07 Å². The molecule has 4 nitrogen and oxygen atoms in total. The number of benzene rings is 2. The molecule has 0 aromatic heterocycles. The van der Waals surface area contributed by atoms with E-state index >= 15 is 0 Å². The van der Waals surface area contributed by atoms with E-state index < -0.39 is 0 Å². The highest BCUT2D eigenvalue weighted by atomic mass is 16.5. The number of ether oxygens (including phenoxy) is 3. The van der Waals surface area contributed by atoms with Crippen LogP contribution in [0.5, 0.6) is 5.75 Å². The molecule has 0 N–H and O–H groups in total. The van der Waals surface area contributed by atoms with Gasteiger partial charge in [0.1, 0.15) is 12.4 Å². The molecular formula is C24H31NO3. The van der Waals surface area contributed by atoms with Crippen LogP contribution in [0.3, 0.4) is 0 Å². The lowest BCUT2D eigenvalue weighted by Gasteiger charge is -2.32. The average molecular weight is 382 g/mol. The molecule has 2 saturated heterocycles. The van der Waals surface area contributed by atoms with Gasteiger partial charge in [0.2, 0.25) is 0 Å². The second kappa shape index (κ2) is 10.1. The van der Waals surface area contributed by atoms with Gasteiger partial charge in [-0.3, -0.25) is 4.90 Å². The van der Waals surface area contributed by atoms with Crippen molar-refractivity contribution in [3.8, 4) is 5.75 Å². The quantitative estimate of drug-likeness (QED) is 0.677. The van der Waals surface area contributed by atoms with Crippen molar-refractivity contribution in [2.24, 2.45) is 0 Å². The van der Waals surface area contributed by atoms with Gasteiger partial charge in [0.05, 0.1) is 18.8 Å². The normalized spacial score (nSPS) is 21.1. The summed E-state index contributed by atoms with van der Waals surface area (Å²) in [6.45, 7) is 5.44. The molecule has 2 fully saturated rings. The van der Waals surface area contributed by atoms with Crippen LogP contribution in [-0.4, -0.2) is 43.4 Å². The highest BCUT2D eigenvalue weighted by Gasteiger charge is 2.20. The third-order valence-corrected chi connectivity index (χ3v) is 5.65. The van der Waals surface area contributed by atoms with Gasteiger partial charge in [0.25, 0.3) is 0 Å². The van der Waals surface area contributed by atoms with Crippen molar-refractivity contribution < 1.29 is 14.2 Å². The number of likely N-dealkylation sites (tertiary alicyclic amines) is 1. The molecule has 2 aliphatic heterocycles. The van der Waals surface area contributed by atoms with Crippen LogP contribution in [0.2, 0.25) is 0 Å². The smallest absolute Gasteiger partial charge is 0.119 e. The molecule has 2 aromatic carbocycles. The second-order valence-corrected chi connectivity index (χ2v) is 7.86. The van der Waals surface area contributed by atoms with Gasteiger partial charge in [-0.2, -0.15) is 0 Å². The summed E-state index contributed by atoms with van der Waals surface area (Å²) in [5.74, 6) is 0.937. The van der Waals surface area contributed by atoms with Crippen LogP contribution in [-0.2, 0) is 22.6 Å². The highest BCUT2D eigenvalue weighted by Crippen LogP contribution is 2.20. The van der Waals surface area contributed by atoms with Crippen molar-refractivity contribution >= 4 is 0 Å². The summed E-state index contributed by atoms with van der Waals surface area (Å²) in [4.78, 5) is 2.52. The molecule has 0 bridgehead atoms. The SMILES string of the molecule is c1ccc(COC2CCN(Cc3ccc(OCC4CCCO4)cc3)CC2)cc1. The summed E-state index contributed by atoms with van der Waals surface area (Å²) < 4.78 is 17.6. The lowest BCUT2D eigenvalue weighted by molar-refractivity contribution is -0.00394. The molecule has 0 saturated carbocycles. The largest absolute Gasteiger partial charge is 0.491 e. The fraction of sp³-hybridized carbons (Fsp3) is 0.500. The van der Waals surface area contributed by atoms with Crippen LogP contribution in [0.4, 0.5) is 0 Å². The van der Waals surface area contributed by atoms with Crippen LogP contribution in [0.25, 0.3) is 0 Å². The zero-order valence-electron chi connectivity index (χ0n) is 16.6. The lowest BCUT2D eigenvalue weighted by atomic mass is 10.1. The summed E-state index contributed by atoms with van der Waals surface area (Å²) in [5.41, 5.74) is 2.60. The first kappa shape index (κ1) is 19.4. The first-order valence-electron chi connectivity index (χ1n) is 10.6. The Labute approximate surface area is 168 Å². The standard InChI is InChI=1S/C24H31NO3/c1-2-5-21(6-3-1)18-27-23-12-14-25(15-13-23)17-20-8-10-22(11-9-20)28-19-24-7-4-16-26-24/h1-3,5-6,8-11,23-24H,4,7,12-19H2. The van der Waals surface area contributed by atoms with Gasteiger partial charge >= 0.3 is 0 Å². The summed E-state index contributed by atoms with van der Waals surface area (Å²) in [7, 11) is 0. The third kappa shape index (κ3) is 5.81. The minimum Gasteiger partial charge on any atom is -0.491 e. The zero-order valence-corrected chi connectivity index (χ0v) is 16.6. The van der Waals surface area contributed by atoms with Gasteiger partial charge in [-0.25, -0.2) is 0 Å². The molecule has 0 radical (unpaired) electrons. The Morgan fingerprint density at radius 1 is 0.893 bits per heavy atom. The molecule has 1 atom stereocenters. The van der Waals surface area contributed by atoms with Crippen LogP contribution in [0.1, 0.15) is 36.8 Å². The zero-order chi connectivity index (χ0) is 19.0. The maximum absolute atomic E-state index is 6.10. The van der Waals surface area contributed by atoms with Crippen LogP contribution >= 0.6 is 0 Å². The van der Waals surface area contributed by atoms with Crippen LogP contribution < -0.4 is 4.74 Å². The predicted octanol–water partition coefficient (Wildman–Crippen LogP) is 4.43. The molecule has 1 unspecified atom stereocenters. The molecular weight excluding hydrogens is 350 g/mol.